The Kier molecular flexibility index (Phi) is 2.85. The minimum Gasteiger partial charge on any atom is -0.267 e. The molecule has 0 aliphatic heterocycles. The zero-order chi connectivity index (χ0) is 14.2. The number of allylic oxidation sites excluding steroid dienone is 2. The van der Waals surface area contributed by atoms with Crippen LogP contribution < -0.4 is 5.43 Å². The molecule has 0 saturated heterocycles. The number of nitrogens with one attached hydrogen (secondary N) is 1. The lowest BCUT2D eigenvalue weighted by atomic mass is 9.74. The number of carbonyl (C=O) groups excluding carboxylic acids is 1. The Morgan fingerprint density at radius 1 is 1.14 bits per heavy atom. The first-order chi connectivity index (χ1) is 10.3. The molecule has 1 N–H and O–H groups in total. The van der Waals surface area contributed by atoms with Crippen molar-refractivity contribution < 1.29 is 4.79 Å². The van der Waals surface area contributed by atoms with E-state index in [4.69, 9.17) is 0 Å². The summed E-state index contributed by atoms with van der Waals surface area (Å²) in [4.78, 5) is 12.4. The average Bonchev–Trinajstić information content (AvgIpc) is 2.88. The van der Waals surface area contributed by atoms with Crippen LogP contribution in [0.1, 0.15) is 23.2 Å². The van der Waals surface area contributed by atoms with E-state index in [1.165, 1.54) is 0 Å². The van der Waals surface area contributed by atoms with Crippen LogP contribution in [0.5, 0.6) is 0 Å². The molecule has 0 heterocycles. The summed E-state index contributed by atoms with van der Waals surface area (Å²) in [5, 5.41) is 6.37. The van der Waals surface area contributed by atoms with Gasteiger partial charge in [-0.2, -0.15) is 5.10 Å². The number of fused-ring (bicyclic) bond motifs is 2. The summed E-state index contributed by atoms with van der Waals surface area (Å²) in [5.74, 6) is 1.05. The van der Waals surface area contributed by atoms with Gasteiger partial charge in [-0.05, 0) is 35.6 Å². The topological polar surface area (TPSA) is 41.5 Å². The van der Waals surface area contributed by atoms with Crippen LogP contribution in [0.25, 0.3) is 10.8 Å². The number of benzene rings is 2. The zero-order valence-corrected chi connectivity index (χ0v) is 11.6. The van der Waals surface area contributed by atoms with E-state index in [2.05, 4.69) is 22.7 Å². The van der Waals surface area contributed by atoms with E-state index in [0.29, 0.717) is 17.4 Å². The zero-order valence-electron chi connectivity index (χ0n) is 11.6. The van der Waals surface area contributed by atoms with Gasteiger partial charge in [0.05, 0.1) is 0 Å². The molecule has 3 nitrogen and oxygen atoms in total. The van der Waals surface area contributed by atoms with Crippen molar-refractivity contribution >= 4 is 22.4 Å². The van der Waals surface area contributed by atoms with Crippen molar-refractivity contribution in [1.82, 2.24) is 5.43 Å². The Balaban J connectivity index is 1.56. The molecule has 3 heteroatoms. The average molecular weight is 276 g/mol. The van der Waals surface area contributed by atoms with E-state index < -0.39 is 0 Å². The van der Waals surface area contributed by atoms with Crippen molar-refractivity contribution in [2.24, 2.45) is 16.9 Å². The Labute approximate surface area is 123 Å². The predicted molar refractivity (Wildman–Crippen MR) is 84.2 cm³/mol. The van der Waals surface area contributed by atoms with Gasteiger partial charge >= 0.3 is 0 Å². The van der Waals surface area contributed by atoms with E-state index in [-0.39, 0.29) is 5.91 Å². The molecule has 21 heavy (non-hydrogen) atoms. The van der Waals surface area contributed by atoms with Gasteiger partial charge in [0.25, 0.3) is 5.91 Å². The maximum Gasteiger partial charge on any atom is 0.271 e. The Bertz CT molecular complexity index is 770. The number of carbonyl (C=O) groups is 1. The maximum absolute atomic E-state index is 12.4. The van der Waals surface area contributed by atoms with E-state index in [9.17, 15) is 4.79 Å². The monoisotopic (exact) mass is 276 g/mol. The third-order valence-corrected chi connectivity index (χ3v) is 4.50. The fourth-order valence-electron chi connectivity index (χ4n) is 3.27. The second-order valence-corrected chi connectivity index (χ2v) is 5.71. The minimum absolute atomic E-state index is 0.131. The van der Waals surface area contributed by atoms with E-state index in [1.807, 2.05) is 42.5 Å². The fraction of sp³-hybridized carbons (Fsp3) is 0.222. The second kappa shape index (κ2) is 4.85. The van der Waals surface area contributed by atoms with Crippen LogP contribution in [0.2, 0.25) is 0 Å². The number of hydrogen-bond donors (Lipinski definition) is 1. The summed E-state index contributed by atoms with van der Waals surface area (Å²) < 4.78 is 0. The van der Waals surface area contributed by atoms with Gasteiger partial charge in [-0.15, -0.1) is 0 Å². The van der Waals surface area contributed by atoms with Crippen molar-refractivity contribution in [2.75, 3.05) is 0 Å². The molecule has 1 fully saturated rings. The SMILES string of the molecule is O=C(N/N=C1\C[C@@H]2C=CC[C@H]12)c1cccc2ccccc12. The lowest BCUT2D eigenvalue weighted by Crippen LogP contribution is -2.35. The first-order valence-electron chi connectivity index (χ1n) is 7.34. The lowest BCUT2D eigenvalue weighted by Gasteiger charge is -2.31. The molecular weight excluding hydrogens is 260 g/mol. The Hall–Kier alpha value is -2.42. The molecular formula is C18H16N2O. The second-order valence-electron chi connectivity index (χ2n) is 5.71. The summed E-state index contributed by atoms with van der Waals surface area (Å²) in [6, 6.07) is 13.7. The van der Waals surface area contributed by atoms with E-state index in [1.54, 1.807) is 0 Å². The molecule has 0 bridgehead atoms. The number of hydrazone groups is 1. The normalized spacial score (nSPS) is 24.9. The van der Waals surface area contributed by atoms with Crippen LogP contribution >= 0.6 is 0 Å². The van der Waals surface area contributed by atoms with Gasteiger partial charge in [-0.3, -0.25) is 4.79 Å². The first-order valence-corrected chi connectivity index (χ1v) is 7.34. The van der Waals surface area contributed by atoms with Crippen LogP contribution in [-0.4, -0.2) is 11.6 Å². The number of hydrogen-bond acceptors (Lipinski definition) is 2. The number of amides is 1. The van der Waals surface area contributed by atoms with Crippen LogP contribution in [0.15, 0.2) is 59.7 Å². The third-order valence-electron chi connectivity index (χ3n) is 4.50. The van der Waals surface area contributed by atoms with Crippen molar-refractivity contribution in [2.45, 2.75) is 12.8 Å². The van der Waals surface area contributed by atoms with Crippen LogP contribution in [0.4, 0.5) is 0 Å². The van der Waals surface area contributed by atoms with E-state index in [0.717, 1.165) is 29.3 Å². The van der Waals surface area contributed by atoms with Crippen LogP contribution in [0, 0.1) is 11.8 Å². The molecule has 0 radical (unpaired) electrons. The van der Waals surface area contributed by atoms with Gasteiger partial charge in [0.1, 0.15) is 0 Å². The highest BCUT2D eigenvalue weighted by atomic mass is 16.2. The molecule has 1 saturated carbocycles. The summed E-state index contributed by atoms with van der Waals surface area (Å²) in [5.41, 5.74) is 4.53. The molecule has 2 aliphatic rings. The van der Waals surface area contributed by atoms with E-state index >= 15 is 0 Å². The largest absolute Gasteiger partial charge is 0.271 e. The molecule has 2 atom stereocenters. The smallest absolute Gasteiger partial charge is 0.267 e. The number of rotatable bonds is 2. The molecule has 4 rings (SSSR count). The lowest BCUT2D eigenvalue weighted by molar-refractivity contribution is 0.0955. The fourth-order valence-corrected chi connectivity index (χ4v) is 3.27. The first kappa shape index (κ1) is 12.3. The van der Waals surface area contributed by atoms with Gasteiger partial charge in [-0.1, -0.05) is 48.6 Å². The summed E-state index contributed by atoms with van der Waals surface area (Å²) >= 11 is 0. The van der Waals surface area contributed by atoms with Gasteiger partial charge in [0.15, 0.2) is 0 Å². The van der Waals surface area contributed by atoms with Crippen molar-refractivity contribution in [3.8, 4) is 0 Å². The molecule has 2 aromatic rings. The summed E-state index contributed by atoms with van der Waals surface area (Å²) in [6.45, 7) is 0. The summed E-state index contributed by atoms with van der Waals surface area (Å²) in [6.07, 6.45) is 6.52. The predicted octanol–water partition coefficient (Wildman–Crippen LogP) is 3.52. The van der Waals surface area contributed by atoms with Crippen LogP contribution in [-0.2, 0) is 0 Å². The Morgan fingerprint density at radius 3 is 2.90 bits per heavy atom. The molecule has 0 aromatic heterocycles. The summed E-state index contributed by atoms with van der Waals surface area (Å²) in [7, 11) is 0. The molecule has 104 valence electrons. The van der Waals surface area contributed by atoms with Gasteiger partial charge in [0, 0.05) is 17.2 Å². The highest BCUT2D eigenvalue weighted by Gasteiger charge is 2.38. The van der Waals surface area contributed by atoms with Gasteiger partial charge < -0.3 is 0 Å². The molecule has 2 aliphatic carbocycles. The Morgan fingerprint density at radius 2 is 2.00 bits per heavy atom. The standard InChI is InChI=1S/C18H16N2O/c21-18(20-19-17-11-13-7-4-9-15(13)17)16-10-3-6-12-5-1-2-8-14(12)16/h1-8,10,13,15H,9,11H2,(H,20,21)/b19-17+/t13-,15-/m0/s1. The maximum atomic E-state index is 12.4. The molecule has 0 spiro atoms. The molecule has 2 aromatic carbocycles. The highest BCUT2D eigenvalue weighted by molar-refractivity contribution is 6.07. The van der Waals surface area contributed by atoms with Crippen molar-refractivity contribution in [3.63, 3.8) is 0 Å². The van der Waals surface area contributed by atoms with Crippen LogP contribution in [0.3, 0.4) is 0 Å². The number of nitrogens with zero attached hydrogens (tertiary/aromatic N) is 1. The highest BCUT2D eigenvalue weighted by Crippen LogP contribution is 2.40. The third kappa shape index (κ3) is 2.05. The van der Waals surface area contributed by atoms with Crippen molar-refractivity contribution in [1.29, 1.82) is 0 Å². The van der Waals surface area contributed by atoms with Gasteiger partial charge in [0.2, 0.25) is 0 Å². The molecule has 1 amide bonds. The van der Waals surface area contributed by atoms with Gasteiger partial charge in [-0.25, -0.2) is 5.43 Å². The molecule has 0 unspecified atom stereocenters. The minimum atomic E-state index is -0.131. The van der Waals surface area contributed by atoms with Crippen molar-refractivity contribution in [3.05, 3.63) is 60.2 Å². The quantitative estimate of drug-likeness (QED) is 0.661.